The van der Waals surface area contributed by atoms with Crippen molar-refractivity contribution in [1.29, 1.82) is 0 Å². The molecule has 3 N–H and O–H groups in total. The molecule has 0 spiro atoms. The second-order valence-electron chi connectivity index (χ2n) is 7.73. The molecule has 3 rings (SSSR count). The number of rotatable bonds is 6. The van der Waals surface area contributed by atoms with E-state index in [9.17, 15) is 9.59 Å². The number of methoxy groups -OCH3 is 1. The smallest absolute Gasteiger partial charge is 0.230 e. The van der Waals surface area contributed by atoms with Crippen LogP contribution in [0, 0.1) is 11.3 Å². The molecule has 162 valence electrons. The van der Waals surface area contributed by atoms with E-state index in [1.165, 1.54) is 0 Å². The van der Waals surface area contributed by atoms with Crippen LogP contribution in [0.15, 0.2) is 24.3 Å². The van der Waals surface area contributed by atoms with Gasteiger partial charge in [0, 0.05) is 45.3 Å². The Morgan fingerprint density at radius 2 is 1.83 bits per heavy atom. The van der Waals surface area contributed by atoms with Crippen LogP contribution < -0.4 is 15.8 Å². The van der Waals surface area contributed by atoms with Crippen molar-refractivity contribution in [2.75, 3.05) is 40.0 Å². The molecule has 0 unspecified atom stereocenters. The van der Waals surface area contributed by atoms with Gasteiger partial charge in [0.05, 0.1) is 12.5 Å². The van der Waals surface area contributed by atoms with Crippen molar-refractivity contribution in [2.45, 2.75) is 32.2 Å². The van der Waals surface area contributed by atoms with Gasteiger partial charge in [0.25, 0.3) is 0 Å². The number of hydrogen-bond donors (Lipinski definition) is 2. The van der Waals surface area contributed by atoms with Gasteiger partial charge in [0.1, 0.15) is 5.75 Å². The normalized spacial score (nSPS) is 19.2. The van der Waals surface area contributed by atoms with Crippen molar-refractivity contribution in [1.82, 2.24) is 10.2 Å². The number of halogens is 1. The van der Waals surface area contributed by atoms with Crippen LogP contribution in [0.2, 0.25) is 0 Å². The van der Waals surface area contributed by atoms with Gasteiger partial charge in [-0.3, -0.25) is 9.59 Å². The van der Waals surface area contributed by atoms with Gasteiger partial charge in [-0.15, -0.1) is 12.4 Å². The van der Waals surface area contributed by atoms with E-state index in [-0.39, 0.29) is 30.1 Å². The van der Waals surface area contributed by atoms with Gasteiger partial charge in [0.15, 0.2) is 0 Å². The largest absolute Gasteiger partial charge is 0.497 e. The highest BCUT2D eigenvalue weighted by Gasteiger charge is 2.42. The summed E-state index contributed by atoms with van der Waals surface area (Å²) >= 11 is 0. The van der Waals surface area contributed by atoms with Crippen LogP contribution in [0.3, 0.4) is 0 Å². The summed E-state index contributed by atoms with van der Waals surface area (Å²) in [6, 6.07) is 7.66. The summed E-state index contributed by atoms with van der Waals surface area (Å²) in [6.45, 7) is 3.26. The fourth-order valence-corrected chi connectivity index (χ4v) is 4.02. The van der Waals surface area contributed by atoms with Crippen LogP contribution in [0.1, 0.15) is 31.2 Å². The number of nitrogens with zero attached hydrogens (tertiary/aromatic N) is 1. The predicted octanol–water partition coefficient (Wildman–Crippen LogP) is 1.73. The fourth-order valence-electron chi connectivity index (χ4n) is 4.02. The average Bonchev–Trinajstić information content (AvgIpc) is 2.77. The fraction of sp³-hybridized carbons (Fsp3) is 0.619. The number of hydrogen-bond acceptors (Lipinski definition) is 5. The lowest BCUT2D eigenvalue weighted by Gasteiger charge is -2.41. The zero-order valence-corrected chi connectivity index (χ0v) is 17.8. The molecule has 2 fully saturated rings. The number of nitrogens with one attached hydrogen (secondary N) is 1. The first-order chi connectivity index (χ1) is 13.6. The summed E-state index contributed by atoms with van der Waals surface area (Å²) in [5.41, 5.74) is 6.51. The molecule has 0 aromatic heterocycles. The van der Waals surface area contributed by atoms with Crippen molar-refractivity contribution in [3.8, 4) is 5.75 Å². The van der Waals surface area contributed by atoms with Crippen molar-refractivity contribution in [3.63, 3.8) is 0 Å². The molecule has 2 amide bonds. The second kappa shape index (κ2) is 10.8. The van der Waals surface area contributed by atoms with Crippen LogP contribution in [-0.4, -0.2) is 56.7 Å². The highest BCUT2D eigenvalue weighted by Crippen LogP contribution is 2.33. The standard InChI is InChI=1S/C21H31N3O4.ClH/c1-27-18-4-2-16(3-5-18)14-23-19(25)17-6-10-24(11-7-17)20(26)21(15-22)8-12-28-13-9-21;/h2-5,17H,6-15,22H2,1H3,(H,23,25);1H. The Morgan fingerprint density at radius 3 is 2.38 bits per heavy atom. The van der Waals surface area contributed by atoms with Gasteiger partial charge in [-0.25, -0.2) is 0 Å². The molecule has 0 bridgehead atoms. The van der Waals surface area contributed by atoms with E-state index in [4.69, 9.17) is 15.2 Å². The van der Waals surface area contributed by atoms with Gasteiger partial charge in [0.2, 0.25) is 11.8 Å². The van der Waals surface area contributed by atoms with Crippen LogP contribution in [-0.2, 0) is 20.9 Å². The molecule has 1 aromatic rings. The van der Waals surface area contributed by atoms with E-state index in [0.29, 0.717) is 65.1 Å². The lowest BCUT2D eigenvalue weighted by atomic mass is 9.78. The zero-order valence-electron chi connectivity index (χ0n) is 17.0. The predicted molar refractivity (Wildman–Crippen MR) is 113 cm³/mol. The molecule has 2 aliphatic rings. The summed E-state index contributed by atoms with van der Waals surface area (Å²) in [5.74, 6) is 0.940. The van der Waals surface area contributed by atoms with E-state index in [1.807, 2.05) is 29.2 Å². The Hall–Kier alpha value is -1.83. The maximum Gasteiger partial charge on any atom is 0.230 e. The summed E-state index contributed by atoms with van der Waals surface area (Å²) in [6.07, 6.45) is 2.75. The first-order valence-corrected chi connectivity index (χ1v) is 10.1. The van der Waals surface area contributed by atoms with Crippen molar-refractivity contribution in [2.24, 2.45) is 17.1 Å². The minimum Gasteiger partial charge on any atom is -0.497 e. The Kier molecular flexibility index (Phi) is 8.74. The van der Waals surface area contributed by atoms with E-state index < -0.39 is 5.41 Å². The summed E-state index contributed by atoms with van der Waals surface area (Å²) in [4.78, 5) is 27.4. The molecular weight excluding hydrogens is 394 g/mol. The van der Waals surface area contributed by atoms with E-state index in [1.54, 1.807) is 7.11 Å². The highest BCUT2D eigenvalue weighted by molar-refractivity contribution is 5.85. The molecule has 0 radical (unpaired) electrons. The number of nitrogens with two attached hydrogens (primary N) is 1. The maximum atomic E-state index is 13.0. The number of carbonyl (C=O) groups excluding carboxylic acids is 2. The minimum absolute atomic E-state index is 0. The Morgan fingerprint density at radius 1 is 1.21 bits per heavy atom. The topological polar surface area (TPSA) is 93.9 Å². The first kappa shape index (κ1) is 23.4. The molecule has 1 aromatic carbocycles. The van der Waals surface area contributed by atoms with Gasteiger partial charge in [-0.05, 0) is 43.4 Å². The molecule has 7 nitrogen and oxygen atoms in total. The lowest BCUT2D eigenvalue weighted by molar-refractivity contribution is -0.149. The molecule has 0 atom stereocenters. The minimum atomic E-state index is -0.484. The molecule has 29 heavy (non-hydrogen) atoms. The molecular formula is C21H32ClN3O4. The van der Waals surface area contributed by atoms with Gasteiger partial charge in [-0.2, -0.15) is 0 Å². The first-order valence-electron chi connectivity index (χ1n) is 10.1. The number of ether oxygens (including phenoxy) is 2. The van der Waals surface area contributed by atoms with Crippen molar-refractivity contribution in [3.05, 3.63) is 29.8 Å². The molecule has 0 aliphatic carbocycles. The SMILES string of the molecule is COc1ccc(CNC(=O)C2CCN(C(=O)C3(CN)CCOCC3)CC2)cc1.Cl. The molecule has 2 heterocycles. The zero-order chi connectivity index (χ0) is 20.0. The van der Waals surface area contributed by atoms with Crippen molar-refractivity contribution >= 4 is 24.2 Å². The quantitative estimate of drug-likeness (QED) is 0.723. The number of likely N-dealkylation sites (tertiary alicyclic amines) is 1. The third-order valence-electron chi connectivity index (χ3n) is 6.07. The lowest BCUT2D eigenvalue weighted by Crippen LogP contribution is -2.53. The molecule has 2 saturated heterocycles. The Labute approximate surface area is 178 Å². The van der Waals surface area contributed by atoms with Gasteiger partial charge in [-0.1, -0.05) is 12.1 Å². The summed E-state index contributed by atoms with van der Waals surface area (Å²) in [5, 5.41) is 3.01. The van der Waals surface area contributed by atoms with E-state index in [2.05, 4.69) is 5.32 Å². The van der Waals surface area contributed by atoms with Crippen LogP contribution in [0.4, 0.5) is 0 Å². The molecule has 2 aliphatic heterocycles. The Bertz CT molecular complexity index is 669. The molecule has 0 saturated carbocycles. The number of benzene rings is 1. The van der Waals surface area contributed by atoms with E-state index >= 15 is 0 Å². The second-order valence-corrected chi connectivity index (χ2v) is 7.73. The van der Waals surface area contributed by atoms with Crippen LogP contribution >= 0.6 is 12.4 Å². The van der Waals surface area contributed by atoms with Gasteiger partial charge < -0.3 is 25.4 Å². The number of carbonyl (C=O) groups is 2. The summed E-state index contributed by atoms with van der Waals surface area (Å²) in [7, 11) is 1.63. The summed E-state index contributed by atoms with van der Waals surface area (Å²) < 4.78 is 10.5. The van der Waals surface area contributed by atoms with Crippen molar-refractivity contribution < 1.29 is 19.1 Å². The average molecular weight is 426 g/mol. The maximum absolute atomic E-state index is 13.0. The van der Waals surface area contributed by atoms with Crippen LogP contribution in [0.25, 0.3) is 0 Å². The molecule has 8 heteroatoms. The Balaban J connectivity index is 0.00000300. The third kappa shape index (κ3) is 5.62. The van der Waals surface area contributed by atoms with E-state index in [0.717, 1.165) is 11.3 Å². The van der Waals surface area contributed by atoms with Gasteiger partial charge >= 0.3 is 0 Å². The number of piperidine rings is 1. The monoisotopic (exact) mass is 425 g/mol. The third-order valence-corrected chi connectivity index (χ3v) is 6.07. The van der Waals surface area contributed by atoms with Crippen LogP contribution in [0.5, 0.6) is 5.75 Å². The number of amides is 2. The highest BCUT2D eigenvalue weighted by atomic mass is 35.5.